The molecule has 0 aromatic carbocycles. The molecule has 1 rings (SSSR count). The first-order chi connectivity index (χ1) is 8.77. The summed E-state index contributed by atoms with van der Waals surface area (Å²) in [4.78, 5) is 7.32. The first-order valence-electron chi connectivity index (χ1n) is 5.79. The summed E-state index contributed by atoms with van der Waals surface area (Å²) in [5.74, 6) is -0.0709. The third kappa shape index (κ3) is 4.23. The Hall–Kier alpha value is -1.57. The van der Waals surface area contributed by atoms with Gasteiger partial charge in [-0.1, -0.05) is 13.8 Å². The monoisotopic (exact) mass is 278 g/mol. The lowest BCUT2D eigenvalue weighted by Crippen LogP contribution is -2.30. The van der Waals surface area contributed by atoms with Gasteiger partial charge in [-0.2, -0.15) is 18.2 Å². The lowest BCUT2D eigenvalue weighted by atomic mass is 10.1. The summed E-state index contributed by atoms with van der Waals surface area (Å²) in [5, 5.41) is 14.4. The number of aliphatic hydroxyl groups is 1. The lowest BCUT2D eigenvalue weighted by Gasteiger charge is -2.20. The van der Waals surface area contributed by atoms with Gasteiger partial charge in [0.2, 0.25) is 5.95 Å². The van der Waals surface area contributed by atoms with E-state index in [4.69, 9.17) is 5.11 Å². The van der Waals surface area contributed by atoms with Crippen molar-refractivity contribution in [2.45, 2.75) is 26.1 Å². The third-order valence-electron chi connectivity index (χ3n) is 2.59. The van der Waals surface area contributed by atoms with Crippen LogP contribution in [0.4, 0.5) is 24.9 Å². The van der Waals surface area contributed by atoms with E-state index in [1.54, 1.807) is 0 Å². The maximum atomic E-state index is 12.7. The first kappa shape index (κ1) is 15.5. The van der Waals surface area contributed by atoms with Crippen LogP contribution in [0.2, 0.25) is 0 Å². The Morgan fingerprint density at radius 3 is 2.37 bits per heavy atom. The van der Waals surface area contributed by atoms with Crippen LogP contribution in [0.3, 0.4) is 0 Å². The van der Waals surface area contributed by atoms with Crippen LogP contribution in [0.15, 0.2) is 6.07 Å². The van der Waals surface area contributed by atoms with Gasteiger partial charge < -0.3 is 15.7 Å². The SMILES string of the molecule is CNc1cc(C(F)(F)F)nc(N[C@H](CO)C(C)C)n1. The van der Waals surface area contributed by atoms with Crippen LogP contribution >= 0.6 is 0 Å². The number of nitrogens with zero attached hydrogens (tertiary/aromatic N) is 2. The molecular formula is C11H17F3N4O. The molecule has 3 N–H and O–H groups in total. The number of hydrogen-bond donors (Lipinski definition) is 3. The summed E-state index contributed by atoms with van der Waals surface area (Å²) >= 11 is 0. The average molecular weight is 278 g/mol. The van der Waals surface area contributed by atoms with Crippen molar-refractivity contribution in [1.29, 1.82) is 0 Å². The zero-order valence-electron chi connectivity index (χ0n) is 10.9. The molecule has 108 valence electrons. The highest BCUT2D eigenvalue weighted by Crippen LogP contribution is 2.29. The second kappa shape index (κ2) is 6.05. The largest absolute Gasteiger partial charge is 0.433 e. The topological polar surface area (TPSA) is 70.1 Å². The smallest absolute Gasteiger partial charge is 0.394 e. The first-order valence-corrected chi connectivity index (χ1v) is 5.79. The van der Waals surface area contributed by atoms with E-state index >= 15 is 0 Å². The van der Waals surface area contributed by atoms with Gasteiger partial charge in [0.15, 0.2) is 5.69 Å². The molecule has 0 radical (unpaired) electrons. The van der Waals surface area contributed by atoms with E-state index in [0.717, 1.165) is 6.07 Å². The molecule has 0 saturated heterocycles. The Bertz CT molecular complexity index is 423. The van der Waals surface area contributed by atoms with Crippen LogP contribution in [0.1, 0.15) is 19.5 Å². The maximum Gasteiger partial charge on any atom is 0.433 e. The number of nitrogens with one attached hydrogen (secondary N) is 2. The number of rotatable bonds is 5. The van der Waals surface area contributed by atoms with Crippen LogP contribution in [-0.4, -0.2) is 34.8 Å². The number of halogens is 3. The molecule has 0 saturated carbocycles. The van der Waals surface area contributed by atoms with Crippen LogP contribution in [-0.2, 0) is 6.18 Å². The molecule has 1 aromatic rings. The predicted octanol–water partition coefficient (Wildman–Crippen LogP) is 1.97. The van der Waals surface area contributed by atoms with Crippen molar-refractivity contribution < 1.29 is 18.3 Å². The molecular weight excluding hydrogens is 261 g/mol. The van der Waals surface area contributed by atoms with Crippen molar-refractivity contribution in [3.63, 3.8) is 0 Å². The van der Waals surface area contributed by atoms with Crippen LogP contribution < -0.4 is 10.6 Å². The van der Waals surface area contributed by atoms with E-state index in [-0.39, 0.29) is 24.3 Å². The van der Waals surface area contributed by atoms with Gasteiger partial charge in [0.1, 0.15) is 5.82 Å². The molecule has 0 aliphatic carbocycles. The normalized spacial score (nSPS) is 13.5. The summed E-state index contributed by atoms with van der Waals surface area (Å²) in [6.45, 7) is 3.45. The van der Waals surface area contributed by atoms with Crippen molar-refractivity contribution in [2.24, 2.45) is 5.92 Å². The molecule has 8 heteroatoms. The van der Waals surface area contributed by atoms with E-state index in [1.165, 1.54) is 7.05 Å². The van der Waals surface area contributed by atoms with Gasteiger partial charge >= 0.3 is 6.18 Å². The van der Waals surface area contributed by atoms with Crippen LogP contribution in [0.25, 0.3) is 0 Å². The minimum absolute atomic E-state index is 0.0289. The molecule has 0 bridgehead atoms. The molecule has 0 fully saturated rings. The summed E-state index contributed by atoms with van der Waals surface area (Å²) in [5.41, 5.74) is -1.03. The van der Waals surface area contributed by atoms with Crippen molar-refractivity contribution in [3.05, 3.63) is 11.8 Å². The summed E-state index contributed by atoms with van der Waals surface area (Å²) in [7, 11) is 1.47. The number of aliphatic hydroxyl groups excluding tert-OH is 1. The highest BCUT2D eigenvalue weighted by Gasteiger charge is 2.33. The van der Waals surface area contributed by atoms with Crippen molar-refractivity contribution in [2.75, 3.05) is 24.3 Å². The fourth-order valence-electron chi connectivity index (χ4n) is 1.37. The average Bonchev–Trinajstić information content (AvgIpc) is 2.34. The van der Waals surface area contributed by atoms with Crippen molar-refractivity contribution >= 4 is 11.8 Å². The molecule has 0 unspecified atom stereocenters. The molecule has 0 aliphatic heterocycles. The van der Waals surface area contributed by atoms with Crippen molar-refractivity contribution in [1.82, 2.24) is 9.97 Å². The summed E-state index contributed by atoms with van der Waals surface area (Å²) in [6.07, 6.45) is -4.54. The molecule has 0 spiro atoms. The van der Waals surface area contributed by atoms with Gasteiger partial charge in [-0.15, -0.1) is 0 Å². The van der Waals surface area contributed by atoms with Crippen LogP contribution in [0, 0.1) is 5.92 Å². The molecule has 0 amide bonds. The lowest BCUT2D eigenvalue weighted by molar-refractivity contribution is -0.141. The Morgan fingerprint density at radius 1 is 1.32 bits per heavy atom. The number of aromatic nitrogens is 2. The highest BCUT2D eigenvalue weighted by molar-refractivity contribution is 5.43. The second-order valence-electron chi connectivity index (χ2n) is 4.39. The third-order valence-corrected chi connectivity index (χ3v) is 2.59. The number of anilines is 2. The Balaban J connectivity index is 3.07. The summed E-state index contributed by atoms with van der Waals surface area (Å²) in [6, 6.07) is 0.419. The Morgan fingerprint density at radius 2 is 1.95 bits per heavy atom. The number of alkyl halides is 3. The Labute approximate surface area is 109 Å². The van der Waals surface area contributed by atoms with Crippen molar-refractivity contribution in [3.8, 4) is 0 Å². The number of hydrogen-bond acceptors (Lipinski definition) is 5. The maximum absolute atomic E-state index is 12.7. The fraction of sp³-hybridized carbons (Fsp3) is 0.636. The molecule has 5 nitrogen and oxygen atoms in total. The zero-order valence-corrected chi connectivity index (χ0v) is 10.9. The van der Waals surface area contributed by atoms with E-state index in [1.807, 2.05) is 13.8 Å². The zero-order chi connectivity index (χ0) is 14.6. The highest BCUT2D eigenvalue weighted by atomic mass is 19.4. The standard InChI is InChI=1S/C11H17F3N4O/c1-6(2)7(5-19)16-10-17-8(11(12,13)14)4-9(15-3)18-10/h4,6-7,19H,5H2,1-3H3,(H2,15,16,17,18)/t7-/m1/s1. The molecule has 1 heterocycles. The van der Waals surface area contributed by atoms with Gasteiger partial charge in [-0.05, 0) is 5.92 Å². The summed E-state index contributed by atoms with van der Waals surface area (Å²) < 4.78 is 38.0. The minimum atomic E-state index is -4.54. The van der Waals surface area contributed by atoms with Crippen LogP contribution in [0.5, 0.6) is 0 Å². The van der Waals surface area contributed by atoms with Gasteiger partial charge in [-0.25, -0.2) is 4.98 Å². The molecule has 1 aromatic heterocycles. The second-order valence-corrected chi connectivity index (χ2v) is 4.39. The van der Waals surface area contributed by atoms with E-state index in [9.17, 15) is 13.2 Å². The molecule has 1 atom stereocenters. The van der Waals surface area contributed by atoms with E-state index in [2.05, 4.69) is 20.6 Å². The molecule has 0 aliphatic rings. The predicted molar refractivity (Wildman–Crippen MR) is 65.9 cm³/mol. The van der Waals surface area contributed by atoms with Gasteiger partial charge in [0.25, 0.3) is 0 Å². The van der Waals surface area contributed by atoms with Gasteiger partial charge in [0.05, 0.1) is 12.6 Å². The minimum Gasteiger partial charge on any atom is -0.394 e. The van der Waals surface area contributed by atoms with E-state index in [0.29, 0.717) is 0 Å². The Kier molecular flexibility index (Phi) is 4.93. The van der Waals surface area contributed by atoms with Gasteiger partial charge in [-0.3, -0.25) is 0 Å². The van der Waals surface area contributed by atoms with E-state index < -0.39 is 17.9 Å². The molecule has 19 heavy (non-hydrogen) atoms. The van der Waals surface area contributed by atoms with Gasteiger partial charge in [0, 0.05) is 13.1 Å². The quantitative estimate of drug-likeness (QED) is 0.768. The fourth-order valence-corrected chi connectivity index (χ4v) is 1.37.